The third-order valence-electron chi connectivity index (χ3n) is 6.70. The monoisotopic (exact) mass is 539 g/mol. The second-order valence-corrected chi connectivity index (χ2v) is 12.9. The van der Waals surface area contributed by atoms with Crippen molar-refractivity contribution < 1.29 is 43.5 Å². The Labute approximate surface area is 199 Å². The van der Waals surface area contributed by atoms with E-state index in [0.29, 0.717) is 12.1 Å². The Morgan fingerprint density at radius 1 is 1.03 bits per heavy atom. The lowest BCUT2D eigenvalue weighted by Gasteiger charge is -2.49. The van der Waals surface area contributed by atoms with Crippen molar-refractivity contribution in [1.82, 2.24) is 4.72 Å². The van der Waals surface area contributed by atoms with Crippen molar-refractivity contribution in [3.8, 4) is 5.75 Å². The average molecular weight is 540 g/mol. The van der Waals surface area contributed by atoms with Gasteiger partial charge in [-0.3, -0.25) is 0 Å². The fraction of sp³-hybridized carbons (Fsp3) is 0.455. The first-order valence-corrected chi connectivity index (χ1v) is 13.9. The molecule has 1 aliphatic heterocycles. The second-order valence-electron chi connectivity index (χ2n) is 8.65. The highest BCUT2D eigenvalue weighted by molar-refractivity contribution is 7.92. The quantitative estimate of drug-likeness (QED) is 0.577. The summed E-state index contributed by atoms with van der Waals surface area (Å²) in [7, 11) is -8.24. The zero-order chi connectivity index (χ0) is 25.8. The summed E-state index contributed by atoms with van der Waals surface area (Å²) >= 11 is 0. The molecule has 0 unspecified atom stereocenters. The molecule has 1 fully saturated rings. The van der Waals surface area contributed by atoms with E-state index >= 15 is 4.39 Å². The van der Waals surface area contributed by atoms with Crippen LogP contribution in [0.2, 0.25) is 0 Å². The molecule has 192 valence electrons. The molecule has 0 radical (unpaired) electrons. The zero-order valence-corrected chi connectivity index (χ0v) is 20.0. The molecule has 0 amide bonds. The fourth-order valence-corrected chi connectivity index (χ4v) is 8.25. The van der Waals surface area contributed by atoms with Crippen LogP contribution in [0.25, 0.3) is 0 Å². The van der Waals surface area contributed by atoms with Crippen molar-refractivity contribution in [2.75, 3.05) is 12.4 Å². The lowest BCUT2D eigenvalue weighted by molar-refractivity contribution is -0.137. The van der Waals surface area contributed by atoms with Gasteiger partial charge < -0.3 is 4.74 Å². The summed E-state index contributed by atoms with van der Waals surface area (Å²) in [4.78, 5) is -0.486. The van der Waals surface area contributed by atoms with Crippen LogP contribution in [0, 0.1) is 17.6 Å². The Bertz CT molecular complexity index is 1340. The van der Waals surface area contributed by atoms with E-state index in [-0.39, 0.29) is 31.6 Å². The van der Waals surface area contributed by atoms with Crippen molar-refractivity contribution in [3.05, 3.63) is 59.2 Å². The number of fused-ring (bicyclic) bond motifs is 3. The number of hydrogen-bond donors (Lipinski definition) is 1. The van der Waals surface area contributed by atoms with Gasteiger partial charge in [-0.2, -0.15) is 13.2 Å². The summed E-state index contributed by atoms with van der Waals surface area (Å²) < 4.78 is 127. The fourth-order valence-electron chi connectivity index (χ4n) is 4.99. The van der Waals surface area contributed by atoms with Crippen molar-refractivity contribution in [1.29, 1.82) is 0 Å². The van der Waals surface area contributed by atoms with Crippen LogP contribution in [0.3, 0.4) is 0 Å². The summed E-state index contributed by atoms with van der Waals surface area (Å²) in [5.41, 5.74) is -1.58. The predicted octanol–water partition coefficient (Wildman–Crippen LogP) is 4.15. The van der Waals surface area contributed by atoms with Crippen LogP contribution >= 0.6 is 0 Å². The summed E-state index contributed by atoms with van der Waals surface area (Å²) in [5.74, 6) is -3.78. The lowest BCUT2D eigenvalue weighted by Crippen LogP contribution is -2.55. The first-order chi connectivity index (χ1) is 16.2. The van der Waals surface area contributed by atoms with E-state index in [2.05, 4.69) is 4.72 Å². The van der Waals surface area contributed by atoms with E-state index in [9.17, 15) is 34.4 Å². The van der Waals surface area contributed by atoms with Crippen LogP contribution in [0.15, 0.2) is 41.3 Å². The molecule has 0 aromatic heterocycles. The number of nitrogens with one attached hydrogen (secondary N) is 1. The topological polar surface area (TPSA) is 89.5 Å². The molecule has 1 heterocycles. The normalized spacial score (nSPS) is 24.9. The van der Waals surface area contributed by atoms with Crippen LogP contribution in [0.4, 0.5) is 22.0 Å². The lowest BCUT2D eigenvalue weighted by atomic mass is 9.71. The highest BCUT2D eigenvalue weighted by Gasteiger charge is 2.60. The van der Waals surface area contributed by atoms with Crippen LogP contribution < -0.4 is 9.46 Å². The third kappa shape index (κ3) is 4.31. The van der Waals surface area contributed by atoms with E-state index in [1.54, 1.807) is 0 Å². The van der Waals surface area contributed by atoms with E-state index in [4.69, 9.17) is 4.74 Å². The molecule has 6 nitrogen and oxygen atoms in total. The van der Waals surface area contributed by atoms with Gasteiger partial charge in [0.25, 0.3) is 0 Å². The van der Waals surface area contributed by atoms with Gasteiger partial charge in [-0.25, -0.2) is 30.3 Å². The van der Waals surface area contributed by atoms with Crippen molar-refractivity contribution >= 4 is 19.9 Å². The molecule has 0 bridgehead atoms. The summed E-state index contributed by atoms with van der Waals surface area (Å²) in [6, 6.07) is 3.71. The first kappa shape index (κ1) is 25.8. The largest absolute Gasteiger partial charge is 0.490 e. The summed E-state index contributed by atoms with van der Waals surface area (Å²) in [6.45, 7) is 1.08. The van der Waals surface area contributed by atoms with Crippen LogP contribution in [-0.4, -0.2) is 35.2 Å². The Morgan fingerprint density at radius 2 is 1.66 bits per heavy atom. The van der Waals surface area contributed by atoms with Crippen LogP contribution in [0.5, 0.6) is 5.75 Å². The number of benzene rings is 2. The van der Waals surface area contributed by atoms with Crippen molar-refractivity contribution in [3.63, 3.8) is 0 Å². The highest BCUT2D eigenvalue weighted by atomic mass is 32.2. The molecule has 35 heavy (non-hydrogen) atoms. The predicted molar refractivity (Wildman–Crippen MR) is 116 cm³/mol. The Kier molecular flexibility index (Phi) is 6.42. The smallest absolute Gasteiger partial charge is 0.416 e. The number of sulfone groups is 1. The minimum Gasteiger partial charge on any atom is -0.490 e. The maximum Gasteiger partial charge on any atom is 0.416 e. The van der Waals surface area contributed by atoms with Gasteiger partial charge in [0.15, 0.2) is 21.4 Å². The molecule has 1 N–H and O–H groups in total. The van der Waals surface area contributed by atoms with Crippen LogP contribution in [-0.2, 0) is 30.8 Å². The minimum absolute atomic E-state index is 0.0228. The molecule has 4 rings (SSSR count). The van der Waals surface area contributed by atoms with E-state index in [1.165, 1.54) is 6.92 Å². The molecular formula is C22H22F5NO5S2. The maximum absolute atomic E-state index is 15.2. The first-order valence-electron chi connectivity index (χ1n) is 10.8. The van der Waals surface area contributed by atoms with Crippen LogP contribution in [0.1, 0.15) is 37.3 Å². The van der Waals surface area contributed by atoms with Gasteiger partial charge in [-0.1, -0.05) is 0 Å². The standard InChI is InChI=1S/C22H22F5NO5S2/c1-2-34(29,30)28-15-9-10-21(35(31,32)16-5-3-13(4-6-16)22(25,26)27)14(11-15)12-33-20-18(24)8-7-17(23)19(20)21/h3-8,14-15,28H,2,9-12H2,1H3/t14-,15-,21+/m1/s1. The molecule has 2 aromatic carbocycles. The molecular weight excluding hydrogens is 517 g/mol. The number of alkyl halides is 3. The van der Waals surface area contributed by atoms with E-state index in [0.717, 1.165) is 24.3 Å². The highest BCUT2D eigenvalue weighted by Crippen LogP contribution is 2.56. The van der Waals surface area contributed by atoms with Gasteiger partial charge in [0, 0.05) is 12.0 Å². The summed E-state index contributed by atoms with van der Waals surface area (Å²) in [6.07, 6.45) is -5.08. The number of sulfonamides is 1. The van der Waals surface area contributed by atoms with Gasteiger partial charge in [-0.05, 0) is 62.6 Å². The maximum atomic E-state index is 15.2. The number of ether oxygens (including phenoxy) is 1. The number of hydrogen-bond acceptors (Lipinski definition) is 5. The molecule has 0 spiro atoms. The SMILES string of the molecule is CCS(=O)(=O)N[C@@H]1CC[C@@]2(S(=O)(=O)c3ccc(C(F)(F)F)cc3)c3c(F)ccc(F)c3OC[C@H]2C1. The van der Waals surface area contributed by atoms with Gasteiger partial charge in [0.2, 0.25) is 10.0 Å². The Morgan fingerprint density at radius 3 is 2.26 bits per heavy atom. The van der Waals surface area contributed by atoms with Crippen molar-refractivity contribution in [2.45, 2.75) is 48.0 Å². The Balaban J connectivity index is 1.87. The molecule has 1 aliphatic carbocycles. The van der Waals surface area contributed by atoms with Gasteiger partial charge in [0.1, 0.15) is 10.6 Å². The Hall–Kier alpha value is -2.25. The van der Waals surface area contributed by atoms with Gasteiger partial charge in [0.05, 0.1) is 28.4 Å². The molecule has 2 aromatic rings. The molecule has 13 heteroatoms. The number of rotatable bonds is 5. The molecule has 2 aliphatic rings. The average Bonchev–Trinajstić information content (AvgIpc) is 2.80. The number of halogens is 5. The van der Waals surface area contributed by atoms with Gasteiger partial charge >= 0.3 is 6.18 Å². The van der Waals surface area contributed by atoms with Gasteiger partial charge in [-0.15, -0.1) is 0 Å². The zero-order valence-electron chi connectivity index (χ0n) is 18.4. The summed E-state index contributed by atoms with van der Waals surface area (Å²) in [5, 5.41) is 0. The second kappa shape index (κ2) is 8.70. The minimum atomic E-state index is -4.70. The van der Waals surface area contributed by atoms with Crippen molar-refractivity contribution in [2.24, 2.45) is 5.92 Å². The third-order valence-corrected chi connectivity index (χ3v) is 10.7. The molecule has 3 atom stereocenters. The van der Waals surface area contributed by atoms with E-state index in [1.807, 2.05) is 0 Å². The van der Waals surface area contributed by atoms with E-state index < -0.39 is 76.1 Å². The molecule has 0 saturated heterocycles. The molecule has 1 saturated carbocycles.